The van der Waals surface area contributed by atoms with Crippen molar-refractivity contribution < 1.29 is 14.3 Å². The van der Waals surface area contributed by atoms with Crippen LogP contribution < -0.4 is 5.19 Å². The van der Waals surface area contributed by atoms with Gasteiger partial charge in [-0.2, -0.15) is 0 Å². The minimum Gasteiger partial charge on any atom is -0.481 e. The van der Waals surface area contributed by atoms with E-state index in [1.807, 2.05) is 0 Å². The van der Waals surface area contributed by atoms with Crippen LogP contribution in [0.3, 0.4) is 0 Å². The molecule has 0 unspecified atom stereocenters. The van der Waals surface area contributed by atoms with E-state index in [4.69, 9.17) is 9.53 Å². The van der Waals surface area contributed by atoms with Crippen molar-refractivity contribution in [1.29, 1.82) is 0 Å². The van der Waals surface area contributed by atoms with Crippen LogP contribution >= 0.6 is 0 Å². The SMILES string of the molecule is C=C1C[C@@H](O[Si](C)(C)C(C)(C)C)[C@@H](CC[Si](C)(C)c2ccccc2)C=C1[C@@H](C)CCC(=O)O. The zero-order valence-corrected chi connectivity index (χ0v) is 24.2. The van der Waals surface area contributed by atoms with Crippen LogP contribution in [-0.2, 0) is 9.22 Å². The molecule has 1 aromatic carbocycles. The highest BCUT2D eigenvalue weighted by Gasteiger charge is 2.42. The van der Waals surface area contributed by atoms with Crippen molar-refractivity contribution in [2.75, 3.05) is 0 Å². The topological polar surface area (TPSA) is 46.5 Å². The maximum absolute atomic E-state index is 11.1. The molecule has 0 aromatic heterocycles. The van der Waals surface area contributed by atoms with E-state index < -0.39 is 22.4 Å². The van der Waals surface area contributed by atoms with Crippen LogP contribution in [0.1, 0.15) is 53.4 Å². The number of benzene rings is 1. The molecule has 0 spiro atoms. The third kappa shape index (κ3) is 7.53. The third-order valence-electron chi connectivity index (χ3n) is 7.96. The normalized spacial score (nSPS) is 21.0. The first-order valence-electron chi connectivity index (χ1n) is 12.5. The van der Waals surface area contributed by atoms with Crippen molar-refractivity contribution in [1.82, 2.24) is 0 Å². The highest BCUT2D eigenvalue weighted by atomic mass is 28.4. The predicted molar refractivity (Wildman–Crippen MR) is 146 cm³/mol. The molecular formula is C28H46O3Si2. The molecule has 0 aliphatic heterocycles. The van der Waals surface area contributed by atoms with Gasteiger partial charge in [0.05, 0.1) is 14.2 Å². The molecule has 3 nitrogen and oxygen atoms in total. The maximum atomic E-state index is 11.1. The van der Waals surface area contributed by atoms with Crippen molar-refractivity contribution in [3.63, 3.8) is 0 Å². The molecule has 0 fully saturated rings. The molecule has 0 saturated heterocycles. The van der Waals surface area contributed by atoms with Crippen LogP contribution in [0.4, 0.5) is 0 Å². The summed E-state index contributed by atoms with van der Waals surface area (Å²) in [5, 5.41) is 10.8. The molecule has 0 amide bonds. The predicted octanol–water partition coefficient (Wildman–Crippen LogP) is 7.39. The Labute approximate surface area is 204 Å². The van der Waals surface area contributed by atoms with E-state index in [0.29, 0.717) is 12.3 Å². The smallest absolute Gasteiger partial charge is 0.303 e. The second kappa shape index (κ2) is 10.9. The monoisotopic (exact) mass is 486 g/mol. The van der Waals surface area contributed by atoms with E-state index >= 15 is 0 Å². The Bertz CT molecular complexity index is 850. The van der Waals surface area contributed by atoms with Gasteiger partial charge in [0.2, 0.25) is 0 Å². The molecule has 184 valence electrons. The summed E-state index contributed by atoms with van der Waals surface area (Å²) in [4.78, 5) is 11.1. The fraction of sp³-hybridized carbons (Fsp3) is 0.607. The van der Waals surface area contributed by atoms with Gasteiger partial charge >= 0.3 is 5.97 Å². The second-order valence-corrected chi connectivity index (χ2v) is 21.7. The fourth-order valence-electron chi connectivity index (χ4n) is 4.49. The Morgan fingerprint density at radius 2 is 1.79 bits per heavy atom. The molecule has 2 rings (SSSR count). The van der Waals surface area contributed by atoms with Crippen LogP contribution in [0, 0.1) is 11.8 Å². The number of hydrogen-bond donors (Lipinski definition) is 1. The van der Waals surface area contributed by atoms with E-state index in [1.54, 1.807) is 0 Å². The van der Waals surface area contributed by atoms with Crippen LogP contribution in [0.5, 0.6) is 0 Å². The summed E-state index contributed by atoms with van der Waals surface area (Å²) >= 11 is 0. The summed E-state index contributed by atoms with van der Waals surface area (Å²) in [6.07, 6.45) is 5.39. The van der Waals surface area contributed by atoms with E-state index in [9.17, 15) is 4.79 Å². The first-order valence-corrected chi connectivity index (χ1v) is 18.6. The largest absolute Gasteiger partial charge is 0.481 e. The Balaban J connectivity index is 2.30. The quantitative estimate of drug-likeness (QED) is 0.351. The van der Waals surface area contributed by atoms with Crippen LogP contribution in [0.2, 0.25) is 37.3 Å². The second-order valence-electron chi connectivity index (χ2n) is 12.1. The average molecular weight is 487 g/mol. The van der Waals surface area contributed by atoms with Crippen molar-refractivity contribution in [2.45, 2.75) is 96.8 Å². The lowest BCUT2D eigenvalue weighted by Crippen LogP contribution is -2.47. The van der Waals surface area contributed by atoms with Crippen molar-refractivity contribution >= 4 is 27.5 Å². The molecule has 3 atom stereocenters. The summed E-state index contributed by atoms with van der Waals surface area (Å²) in [5.74, 6) is -0.165. The summed E-state index contributed by atoms with van der Waals surface area (Å²) in [6, 6.07) is 12.2. The molecule has 0 bridgehead atoms. The number of carbonyl (C=O) groups is 1. The first kappa shape index (κ1) is 27.8. The molecule has 5 heteroatoms. The number of aliphatic carboxylic acids is 1. The molecule has 1 N–H and O–H groups in total. The highest BCUT2D eigenvalue weighted by molar-refractivity contribution is 6.89. The standard InChI is InChI=1S/C28H46O3Si2/c1-21(15-16-27(29)30)25-20-23(17-18-32(6,7)24-13-11-10-12-14-24)26(19-22(25)2)31-33(8,9)28(3,4)5/h10-14,20-21,23,26H,2,15-19H2,1,3-9H3,(H,29,30)/t21-,23-,26+/m0/s1. The lowest BCUT2D eigenvalue weighted by molar-refractivity contribution is -0.137. The lowest BCUT2D eigenvalue weighted by Gasteiger charge is -2.43. The number of rotatable bonds is 10. The van der Waals surface area contributed by atoms with Crippen LogP contribution in [-0.4, -0.2) is 33.6 Å². The van der Waals surface area contributed by atoms with Crippen molar-refractivity contribution in [3.8, 4) is 0 Å². The van der Waals surface area contributed by atoms with Gasteiger partial charge in [0.25, 0.3) is 0 Å². The van der Waals surface area contributed by atoms with Crippen molar-refractivity contribution in [2.24, 2.45) is 11.8 Å². The summed E-state index contributed by atoms with van der Waals surface area (Å²) in [6.45, 7) is 23.1. The third-order valence-corrected chi connectivity index (χ3v) is 15.9. The van der Waals surface area contributed by atoms with Gasteiger partial charge in [0.1, 0.15) is 0 Å². The maximum Gasteiger partial charge on any atom is 0.303 e. The average Bonchev–Trinajstić information content (AvgIpc) is 2.71. The van der Waals surface area contributed by atoms with E-state index in [1.165, 1.54) is 16.8 Å². The molecule has 1 aromatic rings. The van der Waals surface area contributed by atoms with Gasteiger partial charge in [-0.3, -0.25) is 4.79 Å². The van der Waals surface area contributed by atoms with Gasteiger partial charge in [0.15, 0.2) is 8.32 Å². The minimum absolute atomic E-state index is 0.161. The minimum atomic E-state index is -1.92. The van der Waals surface area contributed by atoms with Gasteiger partial charge in [-0.25, -0.2) is 0 Å². The van der Waals surface area contributed by atoms with E-state index in [-0.39, 0.29) is 23.5 Å². The Kier molecular flexibility index (Phi) is 9.16. The molecule has 1 aliphatic carbocycles. The van der Waals surface area contributed by atoms with E-state index in [0.717, 1.165) is 18.4 Å². The van der Waals surface area contributed by atoms with Crippen LogP contribution in [0.25, 0.3) is 0 Å². The lowest BCUT2D eigenvalue weighted by atomic mass is 9.78. The zero-order chi connectivity index (χ0) is 25.0. The Morgan fingerprint density at radius 3 is 2.33 bits per heavy atom. The number of hydrogen-bond acceptors (Lipinski definition) is 2. The highest BCUT2D eigenvalue weighted by Crippen LogP contribution is 2.43. The summed E-state index contributed by atoms with van der Waals surface area (Å²) in [5.41, 5.74) is 2.39. The molecule has 0 saturated carbocycles. The zero-order valence-electron chi connectivity index (χ0n) is 22.2. The number of carboxylic acid groups (broad SMARTS) is 1. The molecule has 33 heavy (non-hydrogen) atoms. The molecule has 0 heterocycles. The van der Waals surface area contributed by atoms with Gasteiger partial charge in [-0.1, -0.05) is 95.0 Å². The van der Waals surface area contributed by atoms with Crippen molar-refractivity contribution in [3.05, 3.63) is 54.1 Å². The van der Waals surface area contributed by atoms with E-state index in [2.05, 4.69) is 96.9 Å². The number of carboxylic acids is 1. The van der Waals surface area contributed by atoms with Crippen LogP contribution in [0.15, 0.2) is 54.1 Å². The number of allylic oxidation sites excluding steroid dienone is 1. The summed E-state index contributed by atoms with van der Waals surface area (Å²) < 4.78 is 6.98. The molecule has 1 aliphatic rings. The van der Waals surface area contributed by atoms with Gasteiger partial charge in [0, 0.05) is 12.3 Å². The molecule has 0 radical (unpaired) electrons. The molecular weight excluding hydrogens is 440 g/mol. The van der Waals surface area contributed by atoms with Gasteiger partial charge in [-0.15, -0.1) is 0 Å². The van der Waals surface area contributed by atoms with Gasteiger partial charge < -0.3 is 9.53 Å². The Hall–Kier alpha value is -1.44. The fourth-order valence-corrected chi connectivity index (χ4v) is 8.30. The summed E-state index contributed by atoms with van der Waals surface area (Å²) in [7, 11) is -3.48. The first-order chi connectivity index (χ1) is 15.1. The van der Waals surface area contributed by atoms with Gasteiger partial charge in [-0.05, 0) is 54.5 Å². The Morgan fingerprint density at radius 1 is 1.18 bits per heavy atom.